The van der Waals surface area contributed by atoms with Gasteiger partial charge in [-0.25, -0.2) is 0 Å². The van der Waals surface area contributed by atoms with E-state index in [1.807, 2.05) is 0 Å². The normalized spacial score (nSPS) is 16.4. The van der Waals surface area contributed by atoms with Gasteiger partial charge in [0.2, 0.25) is 5.91 Å². The van der Waals surface area contributed by atoms with Crippen LogP contribution in [0.3, 0.4) is 0 Å². The quantitative estimate of drug-likeness (QED) is 0.608. The number of rotatable bonds is 7. The van der Waals surface area contributed by atoms with Crippen LogP contribution in [0.1, 0.15) is 45.4 Å². The summed E-state index contributed by atoms with van der Waals surface area (Å²) in [5.74, 6) is 0.230. The predicted molar refractivity (Wildman–Crippen MR) is 58.2 cm³/mol. The van der Waals surface area contributed by atoms with E-state index in [-0.39, 0.29) is 5.91 Å². The number of carbonyl (C=O) groups is 1. The van der Waals surface area contributed by atoms with Crippen LogP contribution >= 0.6 is 0 Å². The molecule has 1 amide bonds. The Morgan fingerprint density at radius 3 is 2.57 bits per heavy atom. The first kappa shape index (κ1) is 11.5. The van der Waals surface area contributed by atoms with E-state index in [1.54, 1.807) is 0 Å². The van der Waals surface area contributed by atoms with Gasteiger partial charge in [0, 0.05) is 19.5 Å². The molecule has 1 rings (SSSR count). The van der Waals surface area contributed by atoms with Crippen LogP contribution in [0.15, 0.2) is 0 Å². The third kappa shape index (κ3) is 4.61. The number of carbonyl (C=O) groups excluding carboxylic acids is 1. The average molecular weight is 198 g/mol. The van der Waals surface area contributed by atoms with Crippen LogP contribution < -0.4 is 10.6 Å². The Kier molecular flexibility index (Phi) is 5.60. The van der Waals surface area contributed by atoms with Gasteiger partial charge >= 0.3 is 0 Å². The summed E-state index contributed by atoms with van der Waals surface area (Å²) >= 11 is 0. The molecule has 1 aliphatic rings. The van der Waals surface area contributed by atoms with Crippen molar-refractivity contribution in [1.29, 1.82) is 0 Å². The monoisotopic (exact) mass is 198 g/mol. The first-order chi connectivity index (χ1) is 6.83. The molecule has 0 spiro atoms. The molecule has 2 N–H and O–H groups in total. The number of amides is 1. The summed E-state index contributed by atoms with van der Waals surface area (Å²) in [4.78, 5) is 11.3. The Morgan fingerprint density at radius 1 is 1.29 bits per heavy atom. The summed E-state index contributed by atoms with van der Waals surface area (Å²) in [6, 6.07) is 0.401. The minimum Gasteiger partial charge on any atom is -0.351 e. The molecule has 1 aliphatic heterocycles. The first-order valence-corrected chi connectivity index (χ1v) is 5.83. The minimum absolute atomic E-state index is 0.230. The van der Waals surface area contributed by atoms with Gasteiger partial charge in [-0.1, -0.05) is 32.6 Å². The van der Waals surface area contributed by atoms with Crippen molar-refractivity contribution in [1.82, 2.24) is 10.6 Å². The highest BCUT2D eigenvalue weighted by Crippen LogP contribution is 2.05. The zero-order valence-electron chi connectivity index (χ0n) is 9.14. The number of unbranched alkanes of at least 4 members (excludes halogenated alkanes) is 4. The molecule has 3 heteroatoms. The Morgan fingerprint density at radius 2 is 2.00 bits per heavy atom. The van der Waals surface area contributed by atoms with E-state index in [9.17, 15) is 4.79 Å². The van der Waals surface area contributed by atoms with Crippen molar-refractivity contribution < 1.29 is 4.79 Å². The molecule has 0 aromatic heterocycles. The van der Waals surface area contributed by atoms with Gasteiger partial charge in [0.15, 0.2) is 0 Å². The average Bonchev–Trinajstić information content (AvgIpc) is 2.11. The predicted octanol–water partition coefficient (Wildman–Crippen LogP) is 1.43. The number of nitrogens with one attached hydrogen (secondary N) is 2. The van der Waals surface area contributed by atoms with Crippen molar-refractivity contribution in [2.24, 2.45) is 0 Å². The lowest BCUT2D eigenvalue weighted by Crippen LogP contribution is -2.56. The highest BCUT2D eigenvalue weighted by molar-refractivity contribution is 5.76. The Labute approximate surface area is 86.6 Å². The first-order valence-electron chi connectivity index (χ1n) is 5.83. The van der Waals surface area contributed by atoms with Gasteiger partial charge in [-0.05, 0) is 6.42 Å². The molecule has 0 aliphatic carbocycles. The summed E-state index contributed by atoms with van der Waals surface area (Å²) in [5, 5.41) is 6.14. The lowest BCUT2D eigenvalue weighted by atomic mass is 10.1. The minimum atomic E-state index is 0.230. The fourth-order valence-electron chi connectivity index (χ4n) is 1.58. The van der Waals surface area contributed by atoms with Crippen LogP contribution in [0.25, 0.3) is 0 Å². The third-order valence-electron chi connectivity index (χ3n) is 2.65. The molecule has 0 aromatic rings. The maximum absolute atomic E-state index is 11.3. The molecule has 0 atom stereocenters. The standard InChI is InChI=1S/C11H22N2O/c1-2-3-4-5-6-7-11(14)13-10-8-12-9-10/h10,12H,2-9H2,1H3,(H,13,14). The van der Waals surface area contributed by atoms with Crippen molar-refractivity contribution in [3.05, 3.63) is 0 Å². The molecule has 1 heterocycles. The highest BCUT2D eigenvalue weighted by atomic mass is 16.1. The van der Waals surface area contributed by atoms with Gasteiger partial charge in [0.05, 0.1) is 6.04 Å². The molecule has 0 bridgehead atoms. The van der Waals surface area contributed by atoms with E-state index in [4.69, 9.17) is 0 Å². The van der Waals surface area contributed by atoms with Gasteiger partial charge in [0.1, 0.15) is 0 Å². The third-order valence-corrected chi connectivity index (χ3v) is 2.65. The van der Waals surface area contributed by atoms with Crippen LogP contribution in [0.4, 0.5) is 0 Å². The second kappa shape index (κ2) is 6.82. The molecule has 1 saturated heterocycles. The van der Waals surface area contributed by atoms with Gasteiger partial charge in [0.25, 0.3) is 0 Å². The van der Waals surface area contributed by atoms with Crippen molar-refractivity contribution in [2.75, 3.05) is 13.1 Å². The summed E-state index contributed by atoms with van der Waals surface area (Å²) < 4.78 is 0. The zero-order chi connectivity index (χ0) is 10.2. The lowest BCUT2D eigenvalue weighted by Gasteiger charge is -2.27. The van der Waals surface area contributed by atoms with E-state index >= 15 is 0 Å². The van der Waals surface area contributed by atoms with Gasteiger partial charge < -0.3 is 10.6 Å². The molecule has 1 fully saturated rings. The van der Waals surface area contributed by atoms with Gasteiger partial charge in [-0.15, -0.1) is 0 Å². The molecular formula is C11H22N2O. The number of hydrogen-bond donors (Lipinski definition) is 2. The van der Waals surface area contributed by atoms with Crippen molar-refractivity contribution >= 4 is 5.91 Å². The Balaban J connectivity index is 1.87. The number of hydrogen-bond acceptors (Lipinski definition) is 2. The van der Waals surface area contributed by atoms with Crippen LogP contribution in [-0.4, -0.2) is 25.0 Å². The smallest absolute Gasteiger partial charge is 0.220 e. The SMILES string of the molecule is CCCCCCCC(=O)NC1CNC1. The molecule has 3 nitrogen and oxygen atoms in total. The van der Waals surface area contributed by atoms with Crippen molar-refractivity contribution in [3.8, 4) is 0 Å². The van der Waals surface area contributed by atoms with E-state index < -0.39 is 0 Å². The van der Waals surface area contributed by atoms with Gasteiger partial charge in [-0.3, -0.25) is 4.79 Å². The summed E-state index contributed by atoms with van der Waals surface area (Å²) in [6.45, 7) is 4.10. The van der Waals surface area contributed by atoms with E-state index in [0.29, 0.717) is 12.5 Å². The molecular weight excluding hydrogens is 176 g/mol. The summed E-state index contributed by atoms with van der Waals surface area (Å²) in [7, 11) is 0. The van der Waals surface area contributed by atoms with Crippen LogP contribution in [0.5, 0.6) is 0 Å². The Bertz CT molecular complexity index is 167. The van der Waals surface area contributed by atoms with E-state index in [2.05, 4.69) is 17.6 Å². The van der Waals surface area contributed by atoms with E-state index in [0.717, 1.165) is 19.5 Å². The van der Waals surface area contributed by atoms with E-state index in [1.165, 1.54) is 25.7 Å². The van der Waals surface area contributed by atoms with Crippen LogP contribution in [0, 0.1) is 0 Å². The Hall–Kier alpha value is -0.570. The molecule has 0 saturated carbocycles. The summed E-state index contributed by atoms with van der Waals surface area (Å²) in [5.41, 5.74) is 0. The summed E-state index contributed by atoms with van der Waals surface area (Å²) in [6.07, 6.45) is 6.79. The van der Waals surface area contributed by atoms with Crippen molar-refractivity contribution in [3.63, 3.8) is 0 Å². The fourth-order valence-corrected chi connectivity index (χ4v) is 1.58. The molecule has 82 valence electrons. The molecule has 0 radical (unpaired) electrons. The fraction of sp³-hybridized carbons (Fsp3) is 0.909. The van der Waals surface area contributed by atoms with Crippen LogP contribution in [-0.2, 0) is 4.79 Å². The molecule has 0 aromatic carbocycles. The maximum atomic E-state index is 11.3. The zero-order valence-corrected chi connectivity index (χ0v) is 9.14. The van der Waals surface area contributed by atoms with Gasteiger partial charge in [-0.2, -0.15) is 0 Å². The van der Waals surface area contributed by atoms with Crippen LogP contribution in [0.2, 0.25) is 0 Å². The highest BCUT2D eigenvalue weighted by Gasteiger charge is 2.17. The van der Waals surface area contributed by atoms with Crippen molar-refractivity contribution in [2.45, 2.75) is 51.5 Å². The lowest BCUT2D eigenvalue weighted by molar-refractivity contribution is -0.122. The second-order valence-electron chi connectivity index (χ2n) is 4.09. The maximum Gasteiger partial charge on any atom is 0.220 e. The topological polar surface area (TPSA) is 41.1 Å². The molecule has 14 heavy (non-hydrogen) atoms. The second-order valence-corrected chi connectivity index (χ2v) is 4.09. The molecule has 0 unspecified atom stereocenters. The largest absolute Gasteiger partial charge is 0.351 e.